The standard InChI is InChI=1S/C17H14Cl3N3O4/c1-8(21-16(26)10-3-2-4-12(19)14(10)20)15(25)22-23-17(27)11-7-9(18)5-6-13(11)24/h2-8,24H,1H3,(H,21,26)(H,22,25)(H,23,27). The van der Waals surface area contributed by atoms with Gasteiger partial charge in [0, 0.05) is 5.02 Å². The van der Waals surface area contributed by atoms with Gasteiger partial charge in [0.2, 0.25) is 0 Å². The lowest BCUT2D eigenvalue weighted by molar-refractivity contribution is -0.123. The molecular weight excluding hydrogens is 417 g/mol. The fourth-order valence-electron chi connectivity index (χ4n) is 2.00. The van der Waals surface area contributed by atoms with E-state index in [4.69, 9.17) is 34.8 Å². The van der Waals surface area contributed by atoms with Crippen molar-refractivity contribution in [1.82, 2.24) is 16.2 Å². The summed E-state index contributed by atoms with van der Waals surface area (Å²) in [5, 5.41) is 12.6. The van der Waals surface area contributed by atoms with Crippen LogP contribution in [0.25, 0.3) is 0 Å². The zero-order chi connectivity index (χ0) is 20.1. The normalized spacial score (nSPS) is 11.4. The molecule has 0 saturated heterocycles. The third-order valence-electron chi connectivity index (χ3n) is 3.44. The highest BCUT2D eigenvalue weighted by Crippen LogP contribution is 2.25. The molecule has 0 aliphatic carbocycles. The Morgan fingerprint density at radius 1 is 0.963 bits per heavy atom. The fraction of sp³-hybridized carbons (Fsp3) is 0.118. The number of nitrogens with one attached hydrogen (secondary N) is 3. The summed E-state index contributed by atoms with van der Waals surface area (Å²) in [4.78, 5) is 36.3. The van der Waals surface area contributed by atoms with Crippen LogP contribution in [0.5, 0.6) is 5.75 Å². The van der Waals surface area contributed by atoms with Gasteiger partial charge < -0.3 is 10.4 Å². The second kappa shape index (κ2) is 8.94. The summed E-state index contributed by atoms with van der Waals surface area (Å²) in [6, 6.07) is 7.42. The molecule has 0 aliphatic heterocycles. The minimum Gasteiger partial charge on any atom is -0.507 e. The summed E-state index contributed by atoms with van der Waals surface area (Å²) in [7, 11) is 0. The minimum absolute atomic E-state index is 0.0639. The summed E-state index contributed by atoms with van der Waals surface area (Å²) < 4.78 is 0. The van der Waals surface area contributed by atoms with Crippen LogP contribution in [0.2, 0.25) is 15.1 Å². The number of phenolic OH excluding ortho intramolecular Hbond substituents is 1. The van der Waals surface area contributed by atoms with Crippen molar-refractivity contribution < 1.29 is 19.5 Å². The number of aromatic hydroxyl groups is 1. The summed E-state index contributed by atoms with van der Waals surface area (Å²) in [6.45, 7) is 1.41. The van der Waals surface area contributed by atoms with Crippen molar-refractivity contribution in [2.24, 2.45) is 0 Å². The van der Waals surface area contributed by atoms with Crippen molar-refractivity contribution in [3.63, 3.8) is 0 Å². The molecule has 0 radical (unpaired) electrons. The SMILES string of the molecule is CC(NC(=O)c1cccc(Cl)c1Cl)C(=O)NNC(=O)c1cc(Cl)ccc1O. The Morgan fingerprint density at radius 3 is 2.37 bits per heavy atom. The van der Waals surface area contributed by atoms with Gasteiger partial charge in [0.15, 0.2) is 0 Å². The number of phenols is 1. The number of rotatable bonds is 4. The van der Waals surface area contributed by atoms with Crippen molar-refractivity contribution >= 4 is 52.5 Å². The van der Waals surface area contributed by atoms with E-state index in [1.54, 1.807) is 6.07 Å². The number of benzene rings is 2. The van der Waals surface area contributed by atoms with E-state index >= 15 is 0 Å². The molecule has 2 aromatic carbocycles. The number of carbonyl (C=O) groups is 3. The lowest BCUT2D eigenvalue weighted by atomic mass is 10.2. The molecule has 7 nitrogen and oxygen atoms in total. The summed E-state index contributed by atoms with van der Waals surface area (Å²) in [5.41, 5.74) is 4.26. The Balaban J connectivity index is 1.95. The van der Waals surface area contributed by atoms with Crippen molar-refractivity contribution in [1.29, 1.82) is 0 Å². The van der Waals surface area contributed by atoms with Crippen LogP contribution in [-0.2, 0) is 4.79 Å². The molecule has 3 amide bonds. The maximum absolute atomic E-state index is 12.2. The van der Waals surface area contributed by atoms with Gasteiger partial charge in [-0.05, 0) is 37.3 Å². The Labute approximate surface area is 169 Å². The van der Waals surface area contributed by atoms with E-state index in [-0.39, 0.29) is 31.9 Å². The van der Waals surface area contributed by atoms with Gasteiger partial charge in [-0.3, -0.25) is 25.2 Å². The van der Waals surface area contributed by atoms with Crippen molar-refractivity contribution in [2.75, 3.05) is 0 Å². The largest absolute Gasteiger partial charge is 0.507 e. The monoisotopic (exact) mass is 429 g/mol. The highest BCUT2D eigenvalue weighted by atomic mass is 35.5. The fourth-order valence-corrected chi connectivity index (χ4v) is 2.56. The average Bonchev–Trinajstić information content (AvgIpc) is 2.63. The van der Waals surface area contributed by atoms with Crippen LogP contribution in [0.3, 0.4) is 0 Å². The highest BCUT2D eigenvalue weighted by molar-refractivity contribution is 6.43. The molecule has 0 spiro atoms. The van der Waals surface area contributed by atoms with E-state index in [2.05, 4.69) is 16.2 Å². The van der Waals surface area contributed by atoms with Gasteiger partial charge in [-0.1, -0.05) is 40.9 Å². The van der Waals surface area contributed by atoms with Crippen LogP contribution in [0.4, 0.5) is 0 Å². The van der Waals surface area contributed by atoms with E-state index < -0.39 is 23.8 Å². The second-order valence-corrected chi connectivity index (χ2v) is 6.62. The molecule has 0 bridgehead atoms. The van der Waals surface area contributed by atoms with Gasteiger partial charge in [-0.2, -0.15) is 0 Å². The second-order valence-electron chi connectivity index (χ2n) is 5.40. The van der Waals surface area contributed by atoms with Crippen LogP contribution < -0.4 is 16.2 Å². The zero-order valence-electron chi connectivity index (χ0n) is 13.8. The van der Waals surface area contributed by atoms with Crippen LogP contribution >= 0.6 is 34.8 Å². The lowest BCUT2D eigenvalue weighted by Crippen LogP contribution is -2.51. The molecule has 1 unspecified atom stereocenters. The number of halogens is 3. The summed E-state index contributed by atoms with van der Waals surface area (Å²) >= 11 is 17.6. The predicted molar refractivity (Wildman–Crippen MR) is 102 cm³/mol. The molecule has 10 heteroatoms. The molecule has 0 aromatic heterocycles. The molecule has 27 heavy (non-hydrogen) atoms. The van der Waals surface area contributed by atoms with E-state index in [9.17, 15) is 19.5 Å². The van der Waals surface area contributed by atoms with Crippen molar-refractivity contribution in [3.05, 3.63) is 62.6 Å². The van der Waals surface area contributed by atoms with Gasteiger partial charge in [-0.25, -0.2) is 0 Å². The lowest BCUT2D eigenvalue weighted by Gasteiger charge is -2.15. The number of hydrogen-bond acceptors (Lipinski definition) is 4. The van der Waals surface area contributed by atoms with E-state index in [1.165, 1.54) is 37.3 Å². The van der Waals surface area contributed by atoms with Gasteiger partial charge >= 0.3 is 0 Å². The van der Waals surface area contributed by atoms with Crippen LogP contribution in [0, 0.1) is 0 Å². The topological polar surface area (TPSA) is 108 Å². The van der Waals surface area contributed by atoms with Crippen molar-refractivity contribution in [3.8, 4) is 5.75 Å². The van der Waals surface area contributed by atoms with Gasteiger partial charge in [0.1, 0.15) is 11.8 Å². The molecule has 2 aromatic rings. The summed E-state index contributed by atoms with van der Waals surface area (Å²) in [6.07, 6.45) is 0. The van der Waals surface area contributed by atoms with Gasteiger partial charge in [-0.15, -0.1) is 0 Å². The molecule has 1 atom stereocenters. The number of hydrogen-bond donors (Lipinski definition) is 4. The first kappa shape index (κ1) is 20.8. The first-order valence-corrected chi connectivity index (χ1v) is 8.67. The first-order valence-electron chi connectivity index (χ1n) is 7.54. The number of amides is 3. The van der Waals surface area contributed by atoms with E-state index in [1.807, 2.05) is 0 Å². The van der Waals surface area contributed by atoms with Gasteiger partial charge in [0.05, 0.1) is 21.2 Å². The summed E-state index contributed by atoms with van der Waals surface area (Å²) in [5.74, 6) is -2.39. The first-order chi connectivity index (χ1) is 12.7. The van der Waals surface area contributed by atoms with E-state index in [0.717, 1.165) is 0 Å². The average molecular weight is 431 g/mol. The molecule has 4 N–H and O–H groups in total. The molecule has 142 valence electrons. The van der Waals surface area contributed by atoms with Crippen LogP contribution in [0.15, 0.2) is 36.4 Å². The van der Waals surface area contributed by atoms with E-state index in [0.29, 0.717) is 0 Å². The quantitative estimate of drug-likeness (QED) is 0.559. The van der Waals surface area contributed by atoms with Gasteiger partial charge in [0.25, 0.3) is 17.7 Å². The molecule has 0 fully saturated rings. The molecular formula is C17H14Cl3N3O4. The number of carbonyl (C=O) groups excluding carboxylic acids is 3. The maximum Gasteiger partial charge on any atom is 0.273 e. The molecule has 2 rings (SSSR count). The molecule has 0 aliphatic rings. The third-order valence-corrected chi connectivity index (χ3v) is 4.49. The molecule has 0 heterocycles. The predicted octanol–water partition coefficient (Wildman–Crippen LogP) is 2.93. The number of hydrazine groups is 1. The highest BCUT2D eigenvalue weighted by Gasteiger charge is 2.20. The van der Waals surface area contributed by atoms with Crippen LogP contribution in [-0.4, -0.2) is 28.9 Å². The Kier molecular flexibility index (Phi) is 6.90. The van der Waals surface area contributed by atoms with Crippen molar-refractivity contribution in [2.45, 2.75) is 13.0 Å². The van der Waals surface area contributed by atoms with Crippen LogP contribution in [0.1, 0.15) is 27.6 Å². The Bertz CT molecular complexity index is 905. The third kappa shape index (κ3) is 5.26. The minimum atomic E-state index is -0.999. The maximum atomic E-state index is 12.2. The zero-order valence-corrected chi connectivity index (χ0v) is 16.1. The molecule has 0 saturated carbocycles. The smallest absolute Gasteiger partial charge is 0.273 e. The Hall–Kier alpha value is -2.48. The Morgan fingerprint density at radius 2 is 1.67 bits per heavy atom.